The van der Waals surface area contributed by atoms with Crippen molar-refractivity contribution in [2.75, 3.05) is 12.5 Å². The second-order valence-corrected chi connectivity index (χ2v) is 4.84. The minimum absolute atomic E-state index is 0.0422. The number of ether oxygens (including phenoxy) is 2. The van der Waals surface area contributed by atoms with E-state index in [4.69, 9.17) is 4.74 Å². The van der Waals surface area contributed by atoms with Crippen molar-refractivity contribution in [3.8, 4) is 11.5 Å². The van der Waals surface area contributed by atoms with Crippen LogP contribution in [0.1, 0.15) is 5.56 Å². The van der Waals surface area contributed by atoms with Crippen LogP contribution in [0, 0.1) is 20.2 Å². The Labute approximate surface area is 150 Å². The standard InChI is InChI=1S/C15H12F2N4O6/c1-26-13-4-2-3-9(14(13)27-15(16)17)8-18-19-11-6-5-10(20(22)23)7-12(11)21(24)25/h2-8,15,19H,1H3/b18-8-. The summed E-state index contributed by atoms with van der Waals surface area (Å²) in [5, 5.41) is 25.5. The zero-order valence-corrected chi connectivity index (χ0v) is 13.7. The van der Waals surface area contributed by atoms with Crippen molar-refractivity contribution in [1.82, 2.24) is 0 Å². The number of anilines is 1. The van der Waals surface area contributed by atoms with E-state index in [0.29, 0.717) is 0 Å². The Hall–Kier alpha value is -3.83. The van der Waals surface area contributed by atoms with Crippen molar-refractivity contribution < 1.29 is 28.1 Å². The summed E-state index contributed by atoms with van der Waals surface area (Å²) in [6.45, 7) is -3.10. The van der Waals surface area contributed by atoms with Crippen LogP contribution in [-0.2, 0) is 0 Å². The Morgan fingerprint density at radius 1 is 1.19 bits per heavy atom. The molecule has 0 heterocycles. The lowest BCUT2D eigenvalue weighted by Crippen LogP contribution is -2.06. The van der Waals surface area contributed by atoms with E-state index in [1.807, 2.05) is 0 Å². The number of hydrazone groups is 1. The number of nitrogens with one attached hydrogen (secondary N) is 1. The van der Waals surface area contributed by atoms with Crippen LogP contribution in [0.5, 0.6) is 11.5 Å². The quantitative estimate of drug-likeness (QED) is 0.420. The largest absolute Gasteiger partial charge is 0.493 e. The molecule has 0 fully saturated rings. The lowest BCUT2D eigenvalue weighted by molar-refractivity contribution is -0.393. The number of rotatable bonds is 8. The topological polar surface area (TPSA) is 129 Å². The van der Waals surface area contributed by atoms with E-state index < -0.39 is 27.8 Å². The molecule has 0 saturated carbocycles. The van der Waals surface area contributed by atoms with E-state index >= 15 is 0 Å². The molecule has 0 aromatic heterocycles. The molecular weight excluding hydrogens is 370 g/mol. The number of halogens is 2. The molecule has 0 aliphatic carbocycles. The molecular formula is C15H12F2N4O6. The summed E-state index contributed by atoms with van der Waals surface area (Å²) in [5.74, 6) is -0.223. The molecule has 0 amide bonds. The molecule has 12 heteroatoms. The molecule has 2 aromatic rings. The number of alkyl halides is 2. The SMILES string of the molecule is COc1cccc(/C=N\Nc2ccc([N+](=O)[O-])cc2[N+](=O)[O-])c1OC(F)F. The van der Waals surface area contributed by atoms with Crippen molar-refractivity contribution in [1.29, 1.82) is 0 Å². The maximum Gasteiger partial charge on any atom is 0.387 e. The predicted molar refractivity (Wildman–Crippen MR) is 90.6 cm³/mol. The van der Waals surface area contributed by atoms with Crippen LogP contribution in [0.4, 0.5) is 25.8 Å². The van der Waals surface area contributed by atoms with Gasteiger partial charge < -0.3 is 9.47 Å². The number of hydrogen-bond acceptors (Lipinski definition) is 8. The monoisotopic (exact) mass is 382 g/mol. The minimum atomic E-state index is -3.10. The van der Waals surface area contributed by atoms with Crippen LogP contribution in [0.2, 0.25) is 0 Å². The Morgan fingerprint density at radius 3 is 2.52 bits per heavy atom. The Kier molecular flexibility index (Phi) is 6.14. The molecule has 0 bridgehead atoms. The molecule has 1 N–H and O–H groups in total. The molecule has 27 heavy (non-hydrogen) atoms. The van der Waals surface area contributed by atoms with E-state index in [9.17, 15) is 29.0 Å². The van der Waals surface area contributed by atoms with Gasteiger partial charge in [-0.25, -0.2) is 0 Å². The van der Waals surface area contributed by atoms with Gasteiger partial charge in [-0.15, -0.1) is 0 Å². The third-order valence-electron chi connectivity index (χ3n) is 3.21. The average Bonchev–Trinajstić information content (AvgIpc) is 2.62. The summed E-state index contributed by atoms with van der Waals surface area (Å²) in [6, 6.07) is 7.26. The summed E-state index contributed by atoms with van der Waals surface area (Å²) < 4.78 is 34.5. The lowest BCUT2D eigenvalue weighted by Gasteiger charge is -2.12. The van der Waals surface area contributed by atoms with Crippen molar-refractivity contribution in [3.05, 3.63) is 62.2 Å². The summed E-state index contributed by atoms with van der Waals surface area (Å²) in [7, 11) is 1.27. The van der Waals surface area contributed by atoms with Gasteiger partial charge in [0.05, 0.1) is 29.2 Å². The first kappa shape index (κ1) is 19.5. The highest BCUT2D eigenvalue weighted by Gasteiger charge is 2.19. The second-order valence-electron chi connectivity index (χ2n) is 4.84. The molecule has 0 aliphatic rings. The number of para-hydroxylation sites is 1. The fraction of sp³-hybridized carbons (Fsp3) is 0.133. The zero-order valence-electron chi connectivity index (χ0n) is 13.7. The van der Waals surface area contributed by atoms with E-state index in [1.165, 1.54) is 25.3 Å². The highest BCUT2D eigenvalue weighted by atomic mass is 19.3. The molecule has 0 aliphatic heterocycles. The average molecular weight is 382 g/mol. The van der Waals surface area contributed by atoms with E-state index in [1.54, 1.807) is 0 Å². The Bertz CT molecular complexity index is 891. The number of nitro groups is 2. The van der Waals surface area contributed by atoms with Crippen molar-refractivity contribution in [2.24, 2.45) is 5.10 Å². The molecule has 2 rings (SSSR count). The summed E-state index contributed by atoms with van der Waals surface area (Å²) in [5.41, 5.74) is 1.31. The number of methoxy groups -OCH3 is 1. The Morgan fingerprint density at radius 2 is 1.93 bits per heavy atom. The molecule has 0 atom stereocenters. The highest BCUT2D eigenvalue weighted by Crippen LogP contribution is 2.32. The maximum atomic E-state index is 12.6. The van der Waals surface area contributed by atoms with E-state index in [2.05, 4.69) is 15.3 Å². The Balaban J connectivity index is 2.30. The predicted octanol–water partition coefficient (Wildman–Crippen LogP) is 3.56. The van der Waals surface area contributed by atoms with Crippen molar-refractivity contribution in [3.63, 3.8) is 0 Å². The smallest absolute Gasteiger partial charge is 0.387 e. The number of nitro benzene ring substituents is 2. The zero-order chi connectivity index (χ0) is 20.0. The van der Waals surface area contributed by atoms with Gasteiger partial charge in [0.1, 0.15) is 5.69 Å². The van der Waals surface area contributed by atoms with Gasteiger partial charge in [-0.3, -0.25) is 25.7 Å². The summed E-state index contributed by atoms with van der Waals surface area (Å²) >= 11 is 0. The van der Waals surface area contributed by atoms with Crippen LogP contribution in [0.3, 0.4) is 0 Å². The van der Waals surface area contributed by atoms with Crippen LogP contribution in [0.15, 0.2) is 41.5 Å². The van der Waals surface area contributed by atoms with Gasteiger partial charge in [0.2, 0.25) is 0 Å². The third kappa shape index (κ3) is 4.84. The van der Waals surface area contributed by atoms with Gasteiger partial charge in [-0.2, -0.15) is 13.9 Å². The first-order chi connectivity index (χ1) is 12.8. The van der Waals surface area contributed by atoms with E-state index in [-0.39, 0.29) is 22.7 Å². The maximum absolute atomic E-state index is 12.6. The van der Waals surface area contributed by atoms with Crippen LogP contribution >= 0.6 is 0 Å². The van der Waals surface area contributed by atoms with Crippen molar-refractivity contribution in [2.45, 2.75) is 6.61 Å². The van der Waals surface area contributed by atoms with Gasteiger partial charge in [0.25, 0.3) is 5.69 Å². The van der Waals surface area contributed by atoms with Crippen molar-refractivity contribution >= 4 is 23.3 Å². The minimum Gasteiger partial charge on any atom is -0.493 e. The summed E-state index contributed by atoms with van der Waals surface area (Å²) in [4.78, 5) is 20.2. The number of non-ortho nitro benzene ring substituents is 1. The molecule has 2 aromatic carbocycles. The third-order valence-corrected chi connectivity index (χ3v) is 3.21. The molecule has 10 nitrogen and oxygen atoms in total. The van der Waals surface area contributed by atoms with Gasteiger partial charge in [0, 0.05) is 11.6 Å². The van der Waals surface area contributed by atoms with Gasteiger partial charge in [-0.1, -0.05) is 6.07 Å². The fourth-order valence-electron chi connectivity index (χ4n) is 2.06. The fourth-order valence-corrected chi connectivity index (χ4v) is 2.06. The van der Waals surface area contributed by atoms with Crippen LogP contribution in [-0.4, -0.2) is 29.8 Å². The van der Waals surface area contributed by atoms with Gasteiger partial charge in [-0.05, 0) is 18.2 Å². The lowest BCUT2D eigenvalue weighted by atomic mass is 10.2. The van der Waals surface area contributed by atoms with Crippen LogP contribution in [0.25, 0.3) is 0 Å². The molecule has 142 valence electrons. The molecule has 0 unspecified atom stereocenters. The summed E-state index contributed by atoms with van der Waals surface area (Å²) in [6.07, 6.45) is 1.09. The van der Waals surface area contributed by atoms with Crippen LogP contribution < -0.4 is 14.9 Å². The van der Waals surface area contributed by atoms with Gasteiger partial charge in [0.15, 0.2) is 11.5 Å². The molecule has 0 saturated heterocycles. The van der Waals surface area contributed by atoms with Gasteiger partial charge >= 0.3 is 12.3 Å². The number of hydrogen-bond donors (Lipinski definition) is 1. The highest BCUT2D eigenvalue weighted by molar-refractivity contribution is 5.85. The number of nitrogens with zero attached hydrogens (tertiary/aromatic N) is 3. The molecule has 0 spiro atoms. The second kappa shape index (κ2) is 8.51. The first-order valence-electron chi connectivity index (χ1n) is 7.17. The van der Waals surface area contributed by atoms with E-state index in [0.717, 1.165) is 24.4 Å². The normalized spacial score (nSPS) is 10.8. The number of benzene rings is 2. The molecule has 0 radical (unpaired) electrons. The first-order valence-corrected chi connectivity index (χ1v) is 7.17.